The van der Waals surface area contributed by atoms with Crippen LogP contribution in [0.25, 0.3) is 0 Å². The molecule has 2 N–H and O–H groups in total. The summed E-state index contributed by atoms with van der Waals surface area (Å²) in [6.45, 7) is 4.34. The topological polar surface area (TPSA) is 84.5 Å². The molecule has 0 bridgehead atoms. The van der Waals surface area contributed by atoms with E-state index in [9.17, 15) is 17.6 Å². The molecule has 0 radical (unpaired) electrons. The van der Waals surface area contributed by atoms with Gasteiger partial charge in [0.1, 0.15) is 11.6 Å². The Labute approximate surface area is 189 Å². The van der Waals surface area contributed by atoms with Crippen molar-refractivity contribution in [3.05, 3.63) is 59.9 Å². The number of carbonyl (C=O) groups is 1. The minimum absolute atomic E-state index is 0.0512. The van der Waals surface area contributed by atoms with E-state index in [1.54, 1.807) is 31.4 Å². The molecule has 174 valence electrons. The van der Waals surface area contributed by atoms with Crippen LogP contribution in [0.1, 0.15) is 51.1 Å². The lowest BCUT2D eigenvalue weighted by atomic mass is 9.78. The van der Waals surface area contributed by atoms with Gasteiger partial charge in [0.25, 0.3) is 0 Å². The lowest BCUT2D eigenvalue weighted by Gasteiger charge is -2.35. The normalized spacial score (nSPS) is 22.2. The quantitative estimate of drug-likeness (QED) is 0.616. The van der Waals surface area contributed by atoms with E-state index in [1.807, 2.05) is 0 Å². The maximum Gasteiger partial charge on any atom is 0.241 e. The Kier molecular flexibility index (Phi) is 7.90. The van der Waals surface area contributed by atoms with Crippen LogP contribution in [0.15, 0.2) is 53.4 Å². The van der Waals surface area contributed by atoms with Crippen molar-refractivity contribution < 1.29 is 22.3 Å². The van der Waals surface area contributed by atoms with Crippen LogP contribution in [-0.2, 0) is 14.8 Å². The average molecular weight is 463 g/mol. The highest BCUT2D eigenvalue weighted by atomic mass is 32.2. The van der Waals surface area contributed by atoms with E-state index in [-0.39, 0.29) is 23.3 Å². The van der Waals surface area contributed by atoms with Gasteiger partial charge in [-0.1, -0.05) is 38.8 Å². The Hall–Kier alpha value is -2.45. The van der Waals surface area contributed by atoms with Crippen molar-refractivity contribution in [2.24, 2.45) is 11.8 Å². The second-order valence-electron chi connectivity index (χ2n) is 8.55. The minimum atomic E-state index is -3.97. The first-order chi connectivity index (χ1) is 15.2. The maximum absolute atomic E-state index is 13.2. The van der Waals surface area contributed by atoms with Crippen molar-refractivity contribution in [2.45, 2.75) is 56.5 Å². The number of ether oxygens (including phenoxy) is 1. The first kappa shape index (κ1) is 24.2. The Morgan fingerprint density at radius 2 is 1.75 bits per heavy atom. The molecular formula is C24H31FN2O4S. The van der Waals surface area contributed by atoms with E-state index in [4.69, 9.17) is 4.74 Å². The summed E-state index contributed by atoms with van der Waals surface area (Å²) in [5, 5.41) is 3.11. The number of halogens is 1. The van der Waals surface area contributed by atoms with Gasteiger partial charge in [0.15, 0.2) is 0 Å². The highest BCUT2D eigenvalue weighted by Gasteiger charge is 2.30. The van der Waals surface area contributed by atoms with E-state index >= 15 is 0 Å². The number of benzene rings is 2. The van der Waals surface area contributed by atoms with Crippen molar-refractivity contribution in [1.29, 1.82) is 0 Å². The smallest absolute Gasteiger partial charge is 0.241 e. The zero-order valence-corrected chi connectivity index (χ0v) is 19.5. The monoisotopic (exact) mass is 462 g/mol. The fourth-order valence-corrected chi connectivity index (χ4v) is 5.39. The molecule has 0 aromatic heterocycles. The average Bonchev–Trinajstić information content (AvgIpc) is 2.76. The Bertz CT molecular complexity index is 1010. The fraction of sp³-hybridized carbons (Fsp3) is 0.458. The van der Waals surface area contributed by atoms with Crippen LogP contribution in [0, 0.1) is 17.7 Å². The molecule has 8 heteroatoms. The van der Waals surface area contributed by atoms with Crippen LogP contribution in [-0.4, -0.2) is 27.5 Å². The van der Waals surface area contributed by atoms with Crippen molar-refractivity contribution in [3.63, 3.8) is 0 Å². The molecule has 1 aliphatic carbocycles. The van der Waals surface area contributed by atoms with Crippen LogP contribution in [0.2, 0.25) is 0 Å². The SMILES string of the molecule is COc1ccc([C@H](CC(=O)N[C@@H]2CCC[C@@H](C)[C@H]2C)NS(=O)(=O)c2ccc(F)cc2)cc1. The first-order valence-corrected chi connectivity index (χ1v) is 12.4. The number of hydrogen-bond donors (Lipinski definition) is 2. The molecular weight excluding hydrogens is 431 g/mol. The molecule has 32 heavy (non-hydrogen) atoms. The van der Waals surface area contributed by atoms with Crippen LogP contribution in [0.5, 0.6) is 5.75 Å². The third kappa shape index (κ3) is 6.07. The summed E-state index contributed by atoms with van der Waals surface area (Å²) < 4.78 is 46.9. The standard InChI is InChI=1S/C24H31FN2O4S/c1-16-5-4-6-22(17(16)2)26-24(28)15-23(18-7-11-20(31-3)12-8-18)27-32(29,30)21-13-9-19(25)10-14-21/h7-14,16-17,22-23,27H,4-6,15H2,1-3H3,(H,26,28)/t16-,17-,22-,23+/m1/s1. The molecule has 1 amide bonds. The third-order valence-electron chi connectivity index (χ3n) is 6.38. The largest absolute Gasteiger partial charge is 0.497 e. The molecule has 0 aliphatic heterocycles. The van der Waals surface area contributed by atoms with Crippen LogP contribution < -0.4 is 14.8 Å². The first-order valence-electron chi connectivity index (χ1n) is 10.9. The molecule has 2 aromatic rings. The number of rotatable bonds is 8. The van der Waals surface area contributed by atoms with Crippen LogP contribution in [0.3, 0.4) is 0 Å². The molecule has 3 rings (SSSR count). The van der Waals surface area contributed by atoms with Crippen molar-refractivity contribution in [1.82, 2.24) is 10.0 Å². The maximum atomic E-state index is 13.2. The minimum Gasteiger partial charge on any atom is -0.497 e. The predicted molar refractivity (Wildman–Crippen MR) is 121 cm³/mol. The summed E-state index contributed by atoms with van der Waals surface area (Å²) in [5.74, 6) is 0.791. The van der Waals surface area contributed by atoms with Gasteiger partial charge in [0.05, 0.1) is 18.0 Å². The molecule has 0 unspecified atom stereocenters. The van der Waals surface area contributed by atoms with E-state index in [2.05, 4.69) is 23.9 Å². The molecule has 0 spiro atoms. The number of sulfonamides is 1. The molecule has 2 aromatic carbocycles. The predicted octanol–water partition coefficient (Wildman–Crippen LogP) is 4.18. The highest BCUT2D eigenvalue weighted by molar-refractivity contribution is 7.89. The van der Waals surface area contributed by atoms with E-state index in [0.29, 0.717) is 23.1 Å². The lowest BCUT2D eigenvalue weighted by Crippen LogP contribution is -2.45. The summed E-state index contributed by atoms with van der Waals surface area (Å²) >= 11 is 0. The molecule has 0 saturated heterocycles. The van der Waals surface area contributed by atoms with Crippen LogP contribution in [0.4, 0.5) is 4.39 Å². The number of hydrogen-bond acceptors (Lipinski definition) is 4. The number of carbonyl (C=O) groups excluding carboxylic acids is 1. The Morgan fingerprint density at radius 1 is 1.09 bits per heavy atom. The van der Waals surface area contributed by atoms with Gasteiger partial charge in [0.2, 0.25) is 15.9 Å². The Balaban J connectivity index is 1.80. The summed E-state index contributed by atoms with van der Waals surface area (Å²) in [4.78, 5) is 12.9. The lowest BCUT2D eigenvalue weighted by molar-refractivity contribution is -0.123. The summed E-state index contributed by atoms with van der Waals surface area (Å²) in [6, 6.07) is 10.8. The van der Waals surface area contributed by atoms with E-state index in [0.717, 1.165) is 31.4 Å². The van der Waals surface area contributed by atoms with E-state index in [1.165, 1.54) is 12.1 Å². The molecule has 1 saturated carbocycles. The number of methoxy groups -OCH3 is 1. The highest BCUT2D eigenvalue weighted by Crippen LogP contribution is 2.30. The molecule has 6 nitrogen and oxygen atoms in total. The number of amides is 1. The van der Waals surface area contributed by atoms with E-state index < -0.39 is 21.9 Å². The van der Waals surface area contributed by atoms with Gasteiger partial charge >= 0.3 is 0 Å². The summed E-state index contributed by atoms with van der Waals surface area (Å²) in [7, 11) is -2.42. The van der Waals surface area contributed by atoms with Crippen molar-refractivity contribution in [3.8, 4) is 5.75 Å². The van der Waals surface area contributed by atoms with Crippen molar-refractivity contribution >= 4 is 15.9 Å². The molecule has 1 aliphatic rings. The fourth-order valence-electron chi connectivity index (χ4n) is 4.17. The second-order valence-corrected chi connectivity index (χ2v) is 10.3. The van der Waals surface area contributed by atoms with Gasteiger partial charge in [-0.05, 0) is 60.2 Å². The summed E-state index contributed by atoms with van der Waals surface area (Å²) in [6.07, 6.45) is 3.09. The third-order valence-corrected chi connectivity index (χ3v) is 7.87. The zero-order valence-electron chi connectivity index (χ0n) is 18.7. The van der Waals surface area contributed by atoms with Gasteiger partial charge < -0.3 is 10.1 Å². The van der Waals surface area contributed by atoms with Gasteiger partial charge in [0, 0.05) is 12.5 Å². The molecule has 4 atom stereocenters. The molecule has 1 fully saturated rings. The summed E-state index contributed by atoms with van der Waals surface area (Å²) in [5.41, 5.74) is 0.636. The number of nitrogens with one attached hydrogen (secondary N) is 2. The van der Waals surface area contributed by atoms with Gasteiger partial charge in [-0.2, -0.15) is 0 Å². The zero-order chi connectivity index (χ0) is 23.3. The van der Waals surface area contributed by atoms with Crippen molar-refractivity contribution in [2.75, 3.05) is 7.11 Å². The van der Waals surface area contributed by atoms with Gasteiger partial charge in [-0.15, -0.1) is 0 Å². The Morgan fingerprint density at radius 3 is 2.38 bits per heavy atom. The molecule has 0 heterocycles. The van der Waals surface area contributed by atoms with Crippen LogP contribution >= 0.6 is 0 Å². The second kappa shape index (κ2) is 10.4. The van der Waals surface area contributed by atoms with Gasteiger partial charge in [-0.25, -0.2) is 17.5 Å². The van der Waals surface area contributed by atoms with Gasteiger partial charge in [-0.3, -0.25) is 4.79 Å².